The number of carbonyl (C=O) groups is 2. The molecule has 2 N–H and O–H groups in total. The quantitative estimate of drug-likeness (QED) is 0.333. The Morgan fingerprint density at radius 1 is 1.02 bits per heavy atom. The molecule has 3 aliphatic carbocycles. The largest absolute Gasteiger partial charge is 0.505 e. The molecule has 5 fully saturated rings. The van der Waals surface area contributed by atoms with Crippen molar-refractivity contribution in [3.63, 3.8) is 0 Å². The number of hydrogen-bond acceptors (Lipinski definition) is 10. The molecular weight excluding hydrogens is 661 g/mol. The first kappa shape index (κ1) is 33.0. The van der Waals surface area contributed by atoms with Gasteiger partial charge in [0, 0.05) is 51.0 Å². The number of nitrogens with zero attached hydrogens (tertiary/aromatic N) is 8. The van der Waals surface area contributed by atoms with Crippen molar-refractivity contribution >= 4 is 29.2 Å². The van der Waals surface area contributed by atoms with Gasteiger partial charge in [-0.2, -0.15) is 31.5 Å². The number of amides is 2. The predicted molar refractivity (Wildman–Crippen MR) is 162 cm³/mol. The maximum Gasteiger partial charge on any atom is 0.453 e. The molecule has 0 radical (unpaired) electrons. The molecule has 3 aromatic heterocycles. The third-order valence-electron chi connectivity index (χ3n) is 10.1. The van der Waals surface area contributed by atoms with Crippen molar-refractivity contribution in [3.8, 4) is 5.75 Å². The number of aromatic nitrogens is 5. The van der Waals surface area contributed by atoms with E-state index in [0.717, 1.165) is 4.52 Å². The molecule has 19 heteroatoms. The highest BCUT2D eigenvalue weighted by molar-refractivity contribution is 5.95. The van der Waals surface area contributed by atoms with Crippen LogP contribution in [0.1, 0.15) is 42.4 Å². The fraction of sp³-hybridized carbons (Fsp3) is 0.600. The van der Waals surface area contributed by atoms with E-state index in [-0.39, 0.29) is 61.5 Å². The van der Waals surface area contributed by atoms with E-state index in [4.69, 9.17) is 4.74 Å². The summed E-state index contributed by atoms with van der Waals surface area (Å²) < 4.78 is 75.6. The van der Waals surface area contributed by atoms with E-state index in [1.165, 1.54) is 27.8 Å². The fourth-order valence-corrected chi connectivity index (χ4v) is 7.69. The predicted octanol–water partition coefficient (Wildman–Crippen LogP) is 1.59. The van der Waals surface area contributed by atoms with E-state index in [1.54, 1.807) is 11.8 Å². The maximum absolute atomic E-state index is 14.2. The summed E-state index contributed by atoms with van der Waals surface area (Å²) in [5.74, 6) is -5.88. The van der Waals surface area contributed by atoms with Crippen LogP contribution in [0.4, 0.5) is 33.6 Å². The van der Waals surface area contributed by atoms with Crippen molar-refractivity contribution in [1.82, 2.24) is 34.4 Å². The molecule has 0 spiro atoms. The smallest absolute Gasteiger partial charge is 0.453 e. The van der Waals surface area contributed by atoms with E-state index >= 15 is 0 Å². The van der Waals surface area contributed by atoms with E-state index < -0.39 is 66.2 Å². The minimum absolute atomic E-state index is 0.0688. The molecule has 0 atom stereocenters. The van der Waals surface area contributed by atoms with Gasteiger partial charge in [0.1, 0.15) is 18.0 Å². The normalized spacial score (nSPS) is 24.1. The number of anilines is 2. The Kier molecular flexibility index (Phi) is 7.75. The van der Waals surface area contributed by atoms with Crippen molar-refractivity contribution in [2.75, 3.05) is 62.3 Å². The molecule has 2 aliphatic heterocycles. The average Bonchev–Trinajstić information content (AvgIpc) is 3.49. The van der Waals surface area contributed by atoms with Crippen molar-refractivity contribution in [3.05, 3.63) is 40.1 Å². The molecule has 0 aromatic carbocycles. The number of ether oxygens (including phenoxy) is 1. The highest BCUT2D eigenvalue weighted by Crippen LogP contribution is 2.75. The number of pyridine rings is 1. The highest BCUT2D eigenvalue weighted by atomic mass is 19.4. The van der Waals surface area contributed by atoms with Crippen LogP contribution in [-0.4, -0.2) is 116 Å². The van der Waals surface area contributed by atoms with Gasteiger partial charge in [0.15, 0.2) is 5.69 Å². The summed E-state index contributed by atoms with van der Waals surface area (Å²) in [4.78, 5) is 54.4. The number of alkyl halides is 5. The number of carbonyl (C=O) groups excluding carboxylic acids is 2. The van der Waals surface area contributed by atoms with Gasteiger partial charge in [0.05, 0.1) is 24.3 Å². The van der Waals surface area contributed by atoms with Gasteiger partial charge in [-0.05, 0) is 37.8 Å². The summed E-state index contributed by atoms with van der Waals surface area (Å²) >= 11 is 0. The number of fused-ring (bicyclic) bond motifs is 1. The molecular formula is C30H34F5N9O5. The molecule has 3 aromatic rings. The number of morpholine rings is 1. The van der Waals surface area contributed by atoms with Crippen LogP contribution in [0.3, 0.4) is 0 Å². The molecule has 264 valence electrons. The summed E-state index contributed by atoms with van der Waals surface area (Å²) in [7, 11) is 0. The van der Waals surface area contributed by atoms with Crippen LogP contribution in [-0.2, 0) is 22.5 Å². The third-order valence-corrected chi connectivity index (χ3v) is 10.1. The van der Waals surface area contributed by atoms with Gasteiger partial charge in [-0.1, -0.05) is 6.92 Å². The van der Waals surface area contributed by atoms with Crippen molar-refractivity contribution < 1.29 is 41.4 Å². The lowest BCUT2D eigenvalue weighted by atomic mass is 9.37. The number of piperazine rings is 1. The van der Waals surface area contributed by atoms with Crippen LogP contribution in [0.25, 0.3) is 5.78 Å². The van der Waals surface area contributed by atoms with Gasteiger partial charge in [0.25, 0.3) is 11.5 Å². The van der Waals surface area contributed by atoms with Gasteiger partial charge < -0.3 is 34.4 Å². The maximum atomic E-state index is 14.2. The van der Waals surface area contributed by atoms with Crippen LogP contribution in [0.5, 0.6) is 5.75 Å². The van der Waals surface area contributed by atoms with Gasteiger partial charge >= 0.3 is 12.1 Å². The molecule has 8 rings (SSSR count). The number of halogens is 5. The summed E-state index contributed by atoms with van der Waals surface area (Å²) in [6, 6.07) is 2.87. The van der Waals surface area contributed by atoms with E-state index in [2.05, 4.69) is 20.4 Å². The van der Waals surface area contributed by atoms with Crippen molar-refractivity contribution in [2.45, 2.75) is 56.8 Å². The third kappa shape index (κ3) is 5.23. The number of hydrogen-bond donors (Lipinski definition) is 2. The van der Waals surface area contributed by atoms with E-state index in [9.17, 15) is 41.4 Å². The lowest BCUT2D eigenvalue weighted by Gasteiger charge is -2.72. The zero-order valence-corrected chi connectivity index (χ0v) is 26.5. The number of nitrogens with one attached hydrogen (secondary N) is 1. The second-order valence-electron chi connectivity index (χ2n) is 13.1. The Morgan fingerprint density at radius 2 is 1.69 bits per heavy atom. The summed E-state index contributed by atoms with van der Waals surface area (Å²) in [5.41, 5.74) is -3.28. The van der Waals surface area contributed by atoms with Gasteiger partial charge in [0.2, 0.25) is 17.6 Å². The molecule has 2 saturated heterocycles. The molecule has 0 unspecified atom stereocenters. The molecule has 14 nitrogen and oxygen atoms in total. The van der Waals surface area contributed by atoms with Crippen LogP contribution in [0.15, 0.2) is 23.1 Å². The molecule has 5 aliphatic rings. The lowest BCUT2D eigenvalue weighted by molar-refractivity contribution is -0.387. The second kappa shape index (κ2) is 11.5. The minimum Gasteiger partial charge on any atom is -0.505 e. The first-order valence-electron chi connectivity index (χ1n) is 16.0. The molecule has 5 heterocycles. The van der Waals surface area contributed by atoms with E-state index in [1.807, 2.05) is 4.90 Å². The Bertz CT molecular complexity index is 1840. The van der Waals surface area contributed by atoms with Gasteiger partial charge in [-0.3, -0.25) is 14.4 Å². The Labute approximate surface area is 275 Å². The van der Waals surface area contributed by atoms with Crippen molar-refractivity contribution in [2.24, 2.45) is 5.41 Å². The molecule has 2 bridgehead atoms. The molecule has 49 heavy (non-hydrogen) atoms. The topological polar surface area (TPSA) is 150 Å². The SMILES string of the molecule is CCc1c(N2CCN(C(=O)c3ncccc3O)CC2)c(=O)n2nc(N3CCOCC3)nc2n1CC(=O)NC12CC(C(F)(F)C(F)(F)F)(C1)C2. The highest BCUT2D eigenvalue weighted by Gasteiger charge is 2.84. The monoisotopic (exact) mass is 695 g/mol. The van der Waals surface area contributed by atoms with Crippen LogP contribution in [0, 0.1) is 5.41 Å². The first-order chi connectivity index (χ1) is 23.2. The second-order valence-corrected chi connectivity index (χ2v) is 13.1. The molecule has 2 amide bonds. The fourth-order valence-electron chi connectivity index (χ4n) is 7.69. The summed E-state index contributed by atoms with van der Waals surface area (Å²) in [5, 5.41) is 17.3. The first-order valence-corrected chi connectivity index (χ1v) is 16.0. The summed E-state index contributed by atoms with van der Waals surface area (Å²) in [6.07, 6.45) is -5.49. The number of rotatable bonds is 8. The average molecular weight is 696 g/mol. The minimum atomic E-state index is -5.68. The number of aromatic hydroxyl groups is 1. The Morgan fingerprint density at radius 3 is 2.31 bits per heavy atom. The van der Waals surface area contributed by atoms with E-state index in [0.29, 0.717) is 32.0 Å². The summed E-state index contributed by atoms with van der Waals surface area (Å²) in [6.45, 7) is 4.00. The zero-order chi connectivity index (χ0) is 34.9. The zero-order valence-electron chi connectivity index (χ0n) is 26.5. The van der Waals surface area contributed by atoms with Crippen molar-refractivity contribution in [1.29, 1.82) is 0 Å². The van der Waals surface area contributed by atoms with Crippen LogP contribution < -0.4 is 20.7 Å². The van der Waals surface area contributed by atoms with Gasteiger partial charge in [-0.15, -0.1) is 5.10 Å². The Hall–Kier alpha value is -4.55. The Balaban J connectivity index is 1.17. The lowest BCUT2D eigenvalue weighted by Crippen LogP contribution is -2.81. The molecule has 3 saturated carbocycles. The standard InChI is InChI=1S/C30H34F5N9O5/c1-2-18-22(40-6-8-41(9-7-40)23(47)21-19(45)4-3-5-36-21)24(48)44-26(37-25(39-44)42-10-12-49-13-11-42)43(18)14-20(46)38-28-15-27(16-28,17-28)29(31,32)30(33,34)35/h3-5,45H,2,6-17H2,1H3,(H,38,46). The van der Waals surface area contributed by atoms with Crippen LogP contribution >= 0.6 is 0 Å². The van der Waals surface area contributed by atoms with Gasteiger partial charge in [-0.25, -0.2) is 4.98 Å². The van der Waals surface area contributed by atoms with Crippen LogP contribution in [0.2, 0.25) is 0 Å².